The number of methoxy groups -OCH3 is 1. The molecule has 3 aromatic heterocycles. The molecule has 2 aromatic carbocycles. The fourth-order valence-corrected chi connectivity index (χ4v) is 4.43. The van der Waals surface area contributed by atoms with E-state index in [9.17, 15) is 4.79 Å². The lowest BCUT2D eigenvalue weighted by molar-refractivity contribution is 0.102. The van der Waals surface area contributed by atoms with Crippen molar-refractivity contribution in [1.82, 2.24) is 19.9 Å². The summed E-state index contributed by atoms with van der Waals surface area (Å²) in [6.07, 6.45) is 5.52. The third kappa shape index (κ3) is 4.43. The molecule has 0 aliphatic heterocycles. The summed E-state index contributed by atoms with van der Waals surface area (Å²) in [5.41, 5.74) is 4.64. The van der Waals surface area contributed by atoms with Crippen molar-refractivity contribution in [3.05, 3.63) is 88.8 Å². The van der Waals surface area contributed by atoms with Crippen LogP contribution in [0.5, 0.6) is 5.75 Å². The highest BCUT2D eigenvalue weighted by Crippen LogP contribution is 2.41. The van der Waals surface area contributed by atoms with E-state index in [2.05, 4.69) is 20.6 Å². The number of hydrogen-bond acceptors (Lipinski definition) is 6. The molecule has 8 nitrogen and oxygen atoms in total. The average Bonchev–Trinajstić information content (AvgIpc) is 3.51. The maximum absolute atomic E-state index is 13.5. The largest absolute Gasteiger partial charge is 0.497 e. The van der Waals surface area contributed by atoms with Crippen LogP contribution in [0.3, 0.4) is 0 Å². The van der Waals surface area contributed by atoms with E-state index >= 15 is 0 Å². The van der Waals surface area contributed by atoms with Crippen LogP contribution in [-0.2, 0) is 6.54 Å². The zero-order valence-corrected chi connectivity index (χ0v) is 20.2. The maximum atomic E-state index is 13.5. The molecule has 1 aliphatic rings. The molecule has 36 heavy (non-hydrogen) atoms. The molecule has 180 valence electrons. The van der Waals surface area contributed by atoms with E-state index in [0.29, 0.717) is 45.5 Å². The Morgan fingerprint density at radius 3 is 2.78 bits per heavy atom. The Labute approximate surface area is 211 Å². The van der Waals surface area contributed by atoms with Gasteiger partial charge in [-0.3, -0.25) is 9.48 Å². The SMILES string of the molecule is COc1ccc(-c2noc3nc(C4CC4)cc(C(=O)Nc4cnn(Cc5cccc(Cl)c5)c4)c23)cc1. The number of nitrogens with zero attached hydrogens (tertiary/aromatic N) is 4. The number of halogens is 1. The molecule has 3 heterocycles. The number of pyridine rings is 1. The summed E-state index contributed by atoms with van der Waals surface area (Å²) in [7, 11) is 1.61. The standard InChI is InChI=1S/C27H22ClN5O3/c1-35-21-9-7-18(8-10-21)25-24-22(12-23(17-5-6-17)31-27(24)36-32-25)26(34)30-20-13-29-33(15-20)14-16-3-2-4-19(28)11-16/h2-4,7-13,15,17H,5-6,14H2,1H3,(H,30,34). The summed E-state index contributed by atoms with van der Waals surface area (Å²) < 4.78 is 12.6. The number of nitrogens with one attached hydrogen (secondary N) is 1. The molecule has 1 N–H and O–H groups in total. The highest BCUT2D eigenvalue weighted by atomic mass is 35.5. The van der Waals surface area contributed by atoms with Crippen LogP contribution in [0.2, 0.25) is 5.02 Å². The smallest absolute Gasteiger partial charge is 0.259 e. The molecule has 1 aliphatic carbocycles. The number of rotatable bonds is 7. The lowest BCUT2D eigenvalue weighted by Crippen LogP contribution is -2.13. The van der Waals surface area contributed by atoms with Crippen molar-refractivity contribution in [2.24, 2.45) is 0 Å². The van der Waals surface area contributed by atoms with Gasteiger partial charge in [0.05, 0.1) is 36.5 Å². The van der Waals surface area contributed by atoms with Crippen molar-refractivity contribution in [3.63, 3.8) is 0 Å². The molecule has 6 rings (SSSR count). The van der Waals surface area contributed by atoms with E-state index in [1.165, 1.54) is 0 Å². The predicted octanol–water partition coefficient (Wildman–Crippen LogP) is 5.93. The van der Waals surface area contributed by atoms with Crippen LogP contribution in [0.25, 0.3) is 22.4 Å². The van der Waals surface area contributed by atoms with Crippen molar-refractivity contribution in [3.8, 4) is 17.0 Å². The van der Waals surface area contributed by atoms with Crippen LogP contribution in [-0.4, -0.2) is 32.9 Å². The van der Waals surface area contributed by atoms with Gasteiger partial charge in [-0.2, -0.15) is 5.10 Å². The zero-order valence-electron chi connectivity index (χ0n) is 19.4. The van der Waals surface area contributed by atoms with E-state index in [-0.39, 0.29) is 5.91 Å². The number of anilines is 1. The number of carbonyl (C=O) groups is 1. The van der Waals surface area contributed by atoms with Crippen molar-refractivity contribution in [1.29, 1.82) is 0 Å². The Kier molecular flexibility index (Phi) is 5.65. The fourth-order valence-electron chi connectivity index (χ4n) is 4.22. The Balaban J connectivity index is 1.33. The number of hydrogen-bond donors (Lipinski definition) is 1. The summed E-state index contributed by atoms with van der Waals surface area (Å²) in [6, 6.07) is 16.9. The number of aromatic nitrogens is 4. The van der Waals surface area contributed by atoms with Gasteiger partial charge in [0.2, 0.25) is 0 Å². The van der Waals surface area contributed by atoms with Gasteiger partial charge in [0.1, 0.15) is 11.4 Å². The third-order valence-electron chi connectivity index (χ3n) is 6.19. The quantitative estimate of drug-likeness (QED) is 0.298. The summed E-state index contributed by atoms with van der Waals surface area (Å²) >= 11 is 6.09. The average molecular weight is 500 g/mol. The van der Waals surface area contributed by atoms with Crippen molar-refractivity contribution >= 4 is 34.3 Å². The predicted molar refractivity (Wildman–Crippen MR) is 137 cm³/mol. The highest BCUT2D eigenvalue weighted by molar-refractivity contribution is 6.30. The van der Waals surface area contributed by atoms with Crippen LogP contribution in [0.4, 0.5) is 5.69 Å². The molecule has 0 bridgehead atoms. The first-order chi connectivity index (χ1) is 17.6. The lowest BCUT2D eigenvalue weighted by Gasteiger charge is -2.08. The molecule has 0 atom stereocenters. The van der Waals surface area contributed by atoms with E-state index in [0.717, 1.165) is 35.4 Å². The lowest BCUT2D eigenvalue weighted by atomic mass is 10.0. The molecule has 0 spiro atoms. The molecule has 0 saturated heterocycles. The summed E-state index contributed by atoms with van der Waals surface area (Å²) in [5, 5.41) is 12.9. The van der Waals surface area contributed by atoms with E-state index < -0.39 is 0 Å². The van der Waals surface area contributed by atoms with Gasteiger partial charge in [0, 0.05) is 28.4 Å². The maximum Gasteiger partial charge on any atom is 0.259 e. The normalized spacial score (nSPS) is 13.2. The number of fused-ring (bicyclic) bond motifs is 1. The first-order valence-corrected chi connectivity index (χ1v) is 12.0. The molecule has 1 saturated carbocycles. The van der Waals surface area contributed by atoms with Gasteiger partial charge in [-0.25, -0.2) is 4.98 Å². The summed E-state index contributed by atoms with van der Waals surface area (Å²) in [6.45, 7) is 0.537. The van der Waals surface area contributed by atoms with Crippen LogP contribution >= 0.6 is 11.6 Å². The first kappa shape index (κ1) is 22.3. The van der Waals surface area contributed by atoms with Crippen molar-refractivity contribution in [2.75, 3.05) is 12.4 Å². The second-order valence-corrected chi connectivity index (χ2v) is 9.26. The van der Waals surface area contributed by atoms with Gasteiger partial charge in [-0.1, -0.05) is 28.9 Å². The topological polar surface area (TPSA) is 95.1 Å². The second kappa shape index (κ2) is 9.13. The molecule has 5 aromatic rings. The van der Waals surface area contributed by atoms with Gasteiger partial charge < -0.3 is 14.6 Å². The minimum Gasteiger partial charge on any atom is -0.497 e. The molecular weight excluding hydrogens is 478 g/mol. The molecule has 0 radical (unpaired) electrons. The van der Waals surface area contributed by atoms with Crippen LogP contribution in [0.1, 0.15) is 40.4 Å². The minimum absolute atomic E-state index is 0.274. The Morgan fingerprint density at radius 1 is 1.19 bits per heavy atom. The number of benzene rings is 2. The Hall–Kier alpha value is -4.17. The monoisotopic (exact) mass is 499 g/mol. The first-order valence-electron chi connectivity index (χ1n) is 11.6. The van der Waals surface area contributed by atoms with E-state index in [1.54, 1.807) is 24.2 Å². The van der Waals surface area contributed by atoms with Gasteiger partial charge >= 0.3 is 0 Å². The van der Waals surface area contributed by atoms with Gasteiger partial charge in [-0.05, 0) is 60.9 Å². The summed E-state index contributed by atoms with van der Waals surface area (Å²) in [4.78, 5) is 18.2. The van der Waals surface area contributed by atoms with Gasteiger partial charge in [0.15, 0.2) is 0 Å². The summed E-state index contributed by atoms with van der Waals surface area (Å²) in [5.74, 6) is 0.800. The van der Waals surface area contributed by atoms with Crippen LogP contribution in [0.15, 0.2) is 71.5 Å². The number of amides is 1. The van der Waals surface area contributed by atoms with Crippen molar-refractivity contribution in [2.45, 2.75) is 25.3 Å². The Morgan fingerprint density at radius 2 is 2.03 bits per heavy atom. The Bertz CT molecular complexity index is 1570. The zero-order chi connectivity index (χ0) is 24.6. The molecule has 0 unspecified atom stereocenters. The highest BCUT2D eigenvalue weighted by Gasteiger charge is 2.29. The van der Waals surface area contributed by atoms with E-state index in [4.69, 9.17) is 20.9 Å². The van der Waals surface area contributed by atoms with Crippen molar-refractivity contribution < 1.29 is 14.1 Å². The molecule has 1 amide bonds. The van der Waals surface area contributed by atoms with Gasteiger partial charge in [-0.15, -0.1) is 0 Å². The molecule has 9 heteroatoms. The van der Waals surface area contributed by atoms with E-state index in [1.807, 2.05) is 54.6 Å². The fraction of sp³-hybridized carbons (Fsp3) is 0.185. The second-order valence-electron chi connectivity index (χ2n) is 8.82. The molecule has 1 fully saturated rings. The number of ether oxygens (including phenoxy) is 1. The van der Waals surface area contributed by atoms with Gasteiger partial charge in [0.25, 0.3) is 11.6 Å². The van der Waals surface area contributed by atoms with Crippen LogP contribution in [0, 0.1) is 0 Å². The molecular formula is C27H22ClN5O3. The third-order valence-corrected chi connectivity index (χ3v) is 6.43. The minimum atomic E-state index is -0.274. The number of carbonyl (C=O) groups excluding carboxylic acids is 1. The van der Waals surface area contributed by atoms with Crippen LogP contribution < -0.4 is 10.1 Å².